The fourth-order valence-electron chi connectivity index (χ4n) is 5.50. The minimum atomic E-state index is -0.0295. The van der Waals surface area contributed by atoms with Gasteiger partial charge in [-0.05, 0) is 37.8 Å². The summed E-state index contributed by atoms with van der Waals surface area (Å²) in [5.74, 6) is -0.0451. The van der Waals surface area contributed by atoms with Crippen LogP contribution in [0, 0.1) is 0 Å². The molecule has 2 aromatic carbocycles. The lowest BCUT2D eigenvalue weighted by atomic mass is 9.83. The Kier molecular flexibility index (Phi) is 10.7. The van der Waals surface area contributed by atoms with Crippen LogP contribution in [0.2, 0.25) is 0 Å². The van der Waals surface area contributed by atoms with E-state index in [-0.39, 0.29) is 11.6 Å². The SMILES string of the molecule is CCCCCCCC[N+](C)(CCCCCCCC)Cc1ccc2c(c1)C(=O)c1ccccc1C2=O. The van der Waals surface area contributed by atoms with Crippen LogP contribution in [-0.4, -0.2) is 36.2 Å². The van der Waals surface area contributed by atoms with E-state index in [2.05, 4.69) is 27.0 Å². The molecule has 0 atom stereocenters. The van der Waals surface area contributed by atoms with E-state index in [1.54, 1.807) is 12.1 Å². The molecular formula is C32H46NO2+. The summed E-state index contributed by atoms with van der Waals surface area (Å²) in [5, 5.41) is 0. The lowest BCUT2D eigenvalue weighted by Gasteiger charge is -2.35. The number of nitrogens with zero attached hydrogens (tertiary/aromatic N) is 1. The molecule has 2 aromatic rings. The van der Waals surface area contributed by atoms with Crippen LogP contribution in [0.3, 0.4) is 0 Å². The highest BCUT2D eigenvalue weighted by Gasteiger charge is 2.30. The molecule has 0 spiro atoms. The minimum Gasteiger partial charge on any atom is -0.322 e. The molecule has 0 bridgehead atoms. The molecule has 0 radical (unpaired) electrons. The highest BCUT2D eigenvalue weighted by molar-refractivity contribution is 6.28. The van der Waals surface area contributed by atoms with Crippen LogP contribution < -0.4 is 0 Å². The summed E-state index contributed by atoms with van der Waals surface area (Å²) >= 11 is 0. The van der Waals surface area contributed by atoms with Gasteiger partial charge < -0.3 is 4.48 Å². The predicted molar refractivity (Wildman–Crippen MR) is 146 cm³/mol. The number of ketones is 2. The van der Waals surface area contributed by atoms with Gasteiger partial charge in [0.25, 0.3) is 0 Å². The summed E-state index contributed by atoms with van der Waals surface area (Å²) in [6.45, 7) is 7.80. The number of hydrogen-bond donors (Lipinski definition) is 0. The standard InChI is InChI=1S/C32H46NO2/c1-4-6-8-10-12-16-22-33(3,23-17-13-11-9-7-5-2)25-26-20-21-29-30(24-26)32(35)28-19-15-14-18-27(28)31(29)34/h14-15,18-21,24H,4-13,16-17,22-23,25H2,1-3H3/q+1. The molecule has 0 fully saturated rings. The van der Waals surface area contributed by atoms with E-state index >= 15 is 0 Å². The van der Waals surface area contributed by atoms with Crippen LogP contribution in [0.1, 0.15) is 128 Å². The van der Waals surface area contributed by atoms with E-state index in [1.165, 1.54) is 95.7 Å². The molecule has 3 rings (SSSR count). The van der Waals surface area contributed by atoms with Crippen LogP contribution >= 0.6 is 0 Å². The largest absolute Gasteiger partial charge is 0.322 e. The van der Waals surface area contributed by atoms with Crippen molar-refractivity contribution in [3.63, 3.8) is 0 Å². The molecule has 0 saturated heterocycles. The second-order valence-electron chi connectivity index (χ2n) is 10.8. The van der Waals surface area contributed by atoms with Crippen LogP contribution in [0.15, 0.2) is 42.5 Å². The number of fused-ring (bicyclic) bond motifs is 2. The molecule has 0 aliphatic heterocycles. The number of carbonyl (C=O) groups excluding carboxylic acids is 2. The first-order valence-electron chi connectivity index (χ1n) is 14.1. The Balaban J connectivity index is 1.69. The lowest BCUT2D eigenvalue weighted by molar-refractivity contribution is -0.923. The molecule has 190 valence electrons. The number of benzene rings is 2. The van der Waals surface area contributed by atoms with E-state index in [0.29, 0.717) is 22.3 Å². The monoisotopic (exact) mass is 476 g/mol. The Labute approximate surface area is 213 Å². The summed E-state index contributed by atoms with van der Waals surface area (Å²) in [5.41, 5.74) is 3.38. The Bertz CT molecular complexity index is 961. The van der Waals surface area contributed by atoms with Gasteiger partial charge in [-0.25, -0.2) is 0 Å². The fourth-order valence-corrected chi connectivity index (χ4v) is 5.50. The maximum atomic E-state index is 13.2. The van der Waals surface area contributed by atoms with Crippen molar-refractivity contribution in [2.45, 2.75) is 97.4 Å². The van der Waals surface area contributed by atoms with E-state index < -0.39 is 0 Å². The average molecular weight is 477 g/mol. The first-order valence-corrected chi connectivity index (χ1v) is 14.1. The van der Waals surface area contributed by atoms with Crippen LogP contribution in [0.4, 0.5) is 0 Å². The van der Waals surface area contributed by atoms with E-state index in [4.69, 9.17) is 0 Å². The Morgan fingerprint density at radius 1 is 0.571 bits per heavy atom. The van der Waals surface area contributed by atoms with Crippen molar-refractivity contribution in [1.29, 1.82) is 0 Å². The second-order valence-corrected chi connectivity index (χ2v) is 10.8. The zero-order valence-corrected chi connectivity index (χ0v) is 22.4. The van der Waals surface area contributed by atoms with Gasteiger partial charge >= 0.3 is 0 Å². The van der Waals surface area contributed by atoms with Gasteiger partial charge in [0, 0.05) is 27.8 Å². The van der Waals surface area contributed by atoms with E-state index in [1.807, 2.05) is 24.3 Å². The van der Waals surface area contributed by atoms with Gasteiger partial charge in [-0.15, -0.1) is 0 Å². The molecule has 0 amide bonds. The third-order valence-corrected chi connectivity index (χ3v) is 7.66. The maximum Gasteiger partial charge on any atom is 0.194 e. The van der Waals surface area contributed by atoms with Crippen LogP contribution in [-0.2, 0) is 6.54 Å². The predicted octanol–water partition coefficient (Wildman–Crippen LogP) is 8.13. The third-order valence-electron chi connectivity index (χ3n) is 7.66. The van der Waals surface area contributed by atoms with Crippen molar-refractivity contribution in [3.8, 4) is 0 Å². The van der Waals surface area contributed by atoms with Crippen molar-refractivity contribution in [1.82, 2.24) is 0 Å². The first-order chi connectivity index (χ1) is 17.0. The van der Waals surface area contributed by atoms with Crippen molar-refractivity contribution < 1.29 is 14.1 Å². The van der Waals surface area contributed by atoms with Gasteiger partial charge in [0.1, 0.15) is 6.54 Å². The van der Waals surface area contributed by atoms with Gasteiger partial charge in [-0.1, -0.05) is 95.5 Å². The quantitative estimate of drug-likeness (QED) is 0.154. The molecule has 0 aromatic heterocycles. The average Bonchev–Trinajstić information content (AvgIpc) is 2.87. The normalized spacial score (nSPS) is 13.1. The third kappa shape index (κ3) is 7.61. The zero-order chi connectivity index (χ0) is 25.1. The smallest absolute Gasteiger partial charge is 0.194 e. The van der Waals surface area contributed by atoms with Gasteiger partial charge in [-0.2, -0.15) is 0 Å². The molecule has 0 heterocycles. The summed E-state index contributed by atoms with van der Waals surface area (Å²) in [6.07, 6.45) is 15.7. The van der Waals surface area contributed by atoms with Crippen molar-refractivity contribution in [2.75, 3.05) is 20.1 Å². The molecule has 0 unspecified atom stereocenters. The highest BCUT2D eigenvalue weighted by Crippen LogP contribution is 2.29. The Hall–Kier alpha value is -2.26. The summed E-state index contributed by atoms with van der Waals surface area (Å²) < 4.78 is 1.01. The molecular weight excluding hydrogens is 430 g/mol. The number of unbranched alkanes of at least 4 members (excludes halogenated alkanes) is 10. The number of quaternary nitrogens is 1. The minimum absolute atomic E-state index is 0.0156. The summed E-state index contributed by atoms with van der Waals surface area (Å²) in [6, 6.07) is 13.2. The highest BCUT2D eigenvalue weighted by atomic mass is 16.1. The van der Waals surface area contributed by atoms with Crippen LogP contribution in [0.5, 0.6) is 0 Å². The van der Waals surface area contributed by atoms with Crippen LogP contribution in [0.25, 0.3) is 0 Å². The zero-order valence-electron chi connectivity index (χ0n) is 22.4. The molecule has 3 heteroatoms. The van der Waals surface area contributed by atoms with E-state index in [9.17, 15) is 9.59 Å². The number of hydrogen-bond acceptors (Lipinski definition) is 2. The fraction of sp³-hybridized carbons (Fsp3) is 0.562. The van der Waals surface area contributed by atoms with Crippen molar-refractivity contribution in [3.05, 3.63) is 70.3 Å². The van der Waals surface area contributed by atoms with Crippen molar-refractivity contribution in [2.24, 2.45) is 0 Å². The maximum absolute atomic E-state index is 13.2. The van der Waals surface area contributed by atoms with Gasteiger partial charge in [-0.3, -0.25) is 9.59 Å². The molecule has 3 nitrogen and oxygen atoms in total. The summed E-state index contributed by atoms with van der Waals surface area (Å²) in [4.78, 5) is 26.2. The molecule has 0 N–H and O–H groups in total. The first kappa shape index (κ1) is 27.3. The topological polar surface area (TPSA) is 34.1 Å². The van der Waals surface area contributed by atoms with E-state index in [0.717, 1.165) is 11.0 Å². The number of rotatable bonds is 16. The Morgan fingerprint density at radius 2 is 1.03 bits per heavy atom. The van der Waals surface area contributed by atoms with Gasteiger partial charge in [0.2, 0.25) is 0 Å². The van der Waals surface area contributed by atoms with Gasteiger partial charge in [0.15, 0.2) is 11.6 Å². The molecule has 35 heavy (non-hydrogen) atoms. The molecule has 1 aliphatic carbocycles. The van der Waals surface area contributed by atoms with Gasteiger partial charge in [0.05, 0.1) is 20.1 Å². The number of carbonyl (C=O) groups is 2. The van der Waals surface area contributed by atoms with Crippen molar-refractivity contribution >= 4 is 11.6 Å². The lowest BCUT2D eigenvalue weighted by Crippen LogP contribution is -2.44. The second kappa shape index (κ2) is 13.7. The molecule has 1 aliphatic rings. The summed E-state index contributed by atoms with van der Waals surface area (Å²) in [7, 11) is 2.39. The Morgan fingerprint density at radius 3 is 1.57 bits per heavy atom. The molecule has 0 saturated carbocycles.